The van der Waals surface area contributed by atoms with E-state index in [1.54, 1.807) is 0 Å². The molecule has 312 valence electrons. The highest BCUT2D eigenvalue weighted by molar-refractivity contribution is 6.23. The predicted molar refractivity (Wildman–Crippen MR) is 280 cm³/mol. The summed E-state index contributed by atoms with van der Waals surface area (Å²) in [6, 6.07) is 79.7. The van der Waals surface area contributed by atoms with Crippen molar-refractivity contribution in [2.75, 3.05) is 4.90 Å². The Bertz CT molecular complexity index is 3120. The van der Waals surface area contributed by atoms with E-state index < -0.39 is 0 Å². The van der Waals surface area contributed by atoms with Gasteiger partial charge in [0.1, 0.15) is 0 Å². The largest absolute Gasteiger partial charge is 0.309 e. The second-order valence-electron chi connectivity index (χ2n) is 18.0. The van der Waals surface area contributed by atoms with Crippen LogP contribution in [-0.4, -0.2) is 0 Å². The molecule has 0 saturated heterocycles. The van der Waals surface area contributed by atoms with Crippen LogP contribution in [0.4, 0.5) is 17.1 Å². The molecule has 0 radical (unpaired) electrons. The third kappa shape index (κ3) is 7.14. The number of anilines is 3. The Kier molecular flexibility index (Phi) is 10.1. The maximum absolute atomic E-state index is 2.46. The highest BCUT2D eigenvalue weighted by atomic mass is 15.1. The minimum atomic E-state index is 0.0451. The monoisotopic (exact) mass is 833 g/mol. The Morgan fingerprint density at radius 1 is 0.292 bits per heavy atom. The van der Waals surface area contributed by atoms with Crippen LogP contribution in [-0.2, 0) is 0 Å². The first kappa shape index (κ1) is 40.1. The summed E-state index contributed by atoms with van der Waals surface area (Å²) in [6.45, 7) is 10.9. The lowest BCUT2D eigenvalue weighted by molar-refractivity contribution is 0.996. The zero-order valence-corrected chi connectivity index (χ0v) is 37.7. The molecule has 0 aliphatic heterocycles. The van der Waals surface area contributed by atoms with Gasteiger partial charge in [0, 0.05) is 28.1 Å². The number of fused-ring (bicyclic) bond motifs is 4. The lowest BCUT2D eigenvalue weighted by atomic mass is 9.77. The Balaban J connectivity index is 1.18. The summed E-state index contributed by atoms with van der Waals surface area (Å²) in [5.41, 5.74) is 18.6. The molecule has 0 aliphatic carbocycles. The summed E-state index contributed by atoms with van der Waals surface area (Å²) in [5.74, 6) is 0.0451. The normalized spacial score (nSPS) is 11.6. The molecule has 1 nitrogen and oxygen atoms in total. The van der Waals surface area contributed by atoms with Gasteiger partial charge >= 0.3 is 0 Å². The van der Waals surface area contributed by atoms with E-state index in [0.717, 1.165) is 11.4 Å². The van der Waals surface area contributed by atoms with Crippen molar-refractivity contribution in [2.45, 2.75) is 40.5 Å². The van der Waals surface area contributed by atoms with Gasteiger partial charge in [0.25, 0.3) is 0 Å². The summed E-state index contributed by atoms with van der Waals surface area (Å²) >= 11 is 0. The van der Waals surface area contributed by atoms with E-state index in [4.69, 9.17) is 0 Å². The van der Waals surface area contributed by atoms with Crippen LogP contribution in [0.5, 0.6) is 0 Å². The quantitative estimate of drug-likeness (QED) is 0.109. The van der Waals surface area contributed by atoms with E-state index in [2.05, 4.69) is 252 Å². The molecule has 11 rings (SSSR count). The molecule has 0 unspecified atom stereocenters. The zero-order chi connectivity index (χ0) is 44.2. The number of benzene rings is 11. The molecule has 65 heavy (non-hydrogen) atoms. The Morgan fingerprint density at radius 2 is 0.600 bits per heavy atom. The van der Waals surface area contributed by atoms with Crippen molar-refractivity contribution >= 4 is 60.2 Å². The van der Waals surface area contributed by atoms with Crippen LogP contribution in [0.1, 0.15) is 50.4 Å². The highest BCUT2D eigenvalue weighted by Gasteiger charge is 2.26. The number of hydrogen-bond donors (Lipinski definition) is 0. The second-order valence-corrected chi connectivity index (χ2v) is 18.0. The van der Waals surface area contributed by atoms with Crippen molar-refractivity contribution in [3.8, 4) is 22.3 Å². The number of nitrogens with zero attached hydrogens (tertiary/aromatic N) is 1. The van der Waals surface area contributed by atoms with E-state index in [-0.39, 0.29) is 5.92 Å². The van der Waals surface area contributed by atoms with E-state index >= 15 is 0 Å². The molecular weight excluding hydrogens is 783 g/mol. The van der Waals surface area contributed by atoms with Crippen molar-refractivity contribution in [1.82, 2.24) is 0 Å². The number of rotatable bonds is 8. The van der Waals surface area contributed by atoms with Crippen LogP contribution >= 0.6 is 0 Å². The molecule has 0 fully saturated rings. The summed E-state index contributed by atoms with van der Waals surface area (Å²) in [6.07, 6.45) is 0. The van der Waals surface area contributed by atoms with Crippen LogP contribution in [0.25, 0.3) is 65.3 Å². The van der Waals surface area contributed by atoms with Crippen molar-refractivity contribution < 1.29 is 0 Å². The fourth-order valence-corrected chi connectivity index (χ4v) is 10.4. The Morgan fingerprint density at radius 3 is 0.969 bits per heavy atom. The first-order valence-electron chi connectivity index (χ1n) is 22.9. The van der Waals surface area contributed by atoms with E-state index in [1.807, 2.05) is 0 Å². The smallest absolute Gasteiger partial charge is 0.0618 e. The maximum Gasteiger partial charge on any atom is 0.0618 e. The second kappa shape index (κ2) is 16.4. The maximum atomic E-state index is 2.46. The number of aryl methyl sites for hydroxylation is 5. The van der Waals surface area contributed by atoms with Crippen molar-refractivity contribution in [3.05, 3.63) is 257 Å². The van der Waals surface area contributed by atoms with Gasteiger partial charge in [-0.1, -0.05) is 204 Å². The summed E-state index contributed by atoms with van der Waals surface area (Å²) in [5, 5.41) is 9.97. The Hall–Kier alpha value is -7.74. The van der Waals surface area contributed by atoms with Gasteiger partial charge in [0.2, 0.25) is 0 Å². The van der Waals surface area contributed by atoms with Crippen LogP contribution < -0.4 is 4.90 Å². The molecule has 0 atom stereocenters. The molecule has 0 aliphatic rings. The first-order valence-corrected chi connectivity index (χ1v) is 22.9. The summed E-state index contributed by atoms with van der Waals surface area (Å²) < 4.78 is 0. The SMILES string of the molecule is Cc1ccc(C(c2ccc(C)cc2)c2c3ccccc3c(-c3cc(C)cc(-c4c5ccccc5c(N(c5ccc(C)cc5)c5ccc(C)cc5)c5ccccc45)c3)c3ccccc23)cc1. The highest BCUT2D eigenvalue weighted by Crippen LogP contribution is 2.50. The van der Waals surface area contributed by atoms with E-state index in [0.29, 0.717) is 0 Å². The van der Waals surface area contributed by atoms with Gasteiger partial charge < -0.3 is 4.90 Å². The molecule has 1 heteroatoms. The Labute approximate surface area is 382 Å². The van der Waals surface area contributed by atoms with Crippen molar-refractivity contribution in [1.29, 1.82) is 0 Å². The zero-order valence-electron chi connectivity index (χ0n) is 37.7. The molecule has 0 N–H and O–H groups in total. The van der Waals surface area contributed by atoms with E-state index in [1.165, 1.54) is 116 Å². The molecule has 0 amide bonds. The minimum absolute atomic E-state index is 0.0451. The molecule has 0 spiro atoms. The standard InChI is InChI=1S/C64H51N/c1-41-22-30-46(31-23-41)60(47-32-24-42(2)25-33-47)63-54-16-8-6-14-52(54)61(53-15-7-9-17-55(53)63)48-38-45(5)39-49(40-48)62-56-18-10-12-20-58(56)64(59-21-13-11-19-57(59)62)65(50-34-26-43(3)27-35-50)51-36-28-44(4)29-37-51/h6-40,60H,1-5H3. The first-order chi connectivity index (χ1) is 31.8. The van der Waals surface area contributed by atoms with Gasteiger partial charge in [-0.05, 0) is 142 Å². The van der Waals surface area contributed by atoms with Gasteiger partial charge in [-0.25, -0.2) is 0 Å². The fourth-order valence-electron chi connectivity index (χ4n) is 10.4. The van der Waals surface area contributed by atoms with Crippen LogP contribution in [0.15, 0.2) is 212 Å². The predicted octanol–water partition coefficient (Wildman–Crippen LogP) is 17.8. The van der Waals surface area contributed by atoms with Gasteiger partial charge in [0.05, 0.1) is 5.69 Å². The molecule has 0 aromatic heterocycles. The van der Waals surface area contributed by atoms with E-state index in [9.17, 15) is 0 Å². The van der Waals surface area contributed by atoms with Gasteiger partial charge in [-0.15, -0.1) is 0 Å². The van der Waals surface area contributed by atoms with Gasteiger partial charge in [-0.3, -0.25) is 0 Å². The molecule has 11 aromatic carbocycles. The average molecular weight is 834 g/mol. The molecule has 0 bridgehead atoms. The molecule has 11 aromatic rings. The average Bonchev–Trinajstić information content (AvgIpc) is 3.33. The summed E-state index contributed by atoms with van der Waals surface area (Å²) in [7, 11) is 0. The minimum Gasteiger partial charge on any atom is -0.309 e. The fraction of sp³-hybridized carbons (Fsp3) is 0.0938. The third-order valence-electron chi connectivity index (χ3n) is 13.4. The third-order valence-corrected chi connectivity index (χ3v) is 13.4. The number of hydrogen-bond acceptors (Lipinski definition) is 1. The lowest BCUT2D eigenvalue weighted by Crippen LogP contribution is -2.11. The van der Waals surface area contributed by atoms with Crippen molar-refractivity contribution in [3.63, 3.8) is 0 Å². The molecule has 0 saturated carbocycles. The summed E-state index contributed by atoms with van der Waals surface area (Å²) in [4.78, 5) is 2.45. The lowest BCUT2D eigenvalue weighted by Gasteiger charge is -2.30. The van der Waals surface area contributed by atoms with Gasteiger partial charge in [-0.2, -0.15) is 0 Å². The van der Waals surface area contributed by atoms with Crippen molar-refractivity contribution in [2.24, 2.45) is 0 Å². The molecule has 0 heterocycles. The topological polar surface area (TPSA) is 3.24 Å². The van der Waals surface area contributed by atoms with Crippen LogP contribution in [0, 0.1) is 34.6 Å². The van der Waals surface area contributed by atoms with Gasteiger partial charge in [0.15, 0.2) is 0 Å². The molecular formula is C64H51N. The van der Waals surface area contributed by atoms with Crippen LogP contribution in [0.2, 0.25) is 0 Å². The van der Waals surface area contributed by atoms with Crippen LogP contribution in [0.3, 0.4) is 0 Å².